The Bertz CT molecular complexity index is 587. The smallest absolute Gasteiger partial charge is 0.125 e. The second kappa shape index (κ2) is 7.09. The van der Waals surface area contributed by atoms with Crippen molar-refractivity contribution < 1.29 is 0 Å². The van der Waals surface area contributed by atoms with Crippen LogP contribution in [0.25, 0.3) is 0 Å². The van der Waals surface area contributed by atoms with E-state index in [9.17, 15) is 0 Å². The zero-order valence-electron chi connectivity index (χ0n) is 13.2. The van der Waals surface area contributed by atoms with Crippen molar-refractivity contribution >= 4 is 11.6 Å². The van der Waals surface area contributed by atoms with Gasteiger partial charge in [-0.3, -0.25) is 4.68 Å². The minimum Gasteiger partial charge on any atom is -0.337 e. The molecule has 2 aromatic rings. The summed E-state index contributed by atoms with van der Waals surface area (Å²) < 4.78 is 4.04. The molecule has 0 aliphatic heterocycles. The van der Waals surface area contributed by atoms with E-state index in [4.69, 9.17) is 11.6 Å². The van der Waals surface area contributed by atoms with E-state index in [0.717, 1.165) is 48.2 Å². The molecule has 0 aliphatic rings. The molecule has 0 saturated carbocycles. The Morgan fingerprint density at radius 3 is 2.71 bits per heavy atom. The monoisotopic (exact) mass is 309 g/mol. The molecular weight excluding hydrogens is 286 g/mol. The van der Waals surface area contributed by atoms with Gasteiger partial charge in [-0.15, -0.1) is 0 Å². The minimum atomic E-state index is 0.142. The summed E-state index contributed by atoms with van der Waals surface area (Å²) >= 11 is 6.43. The number of halogens is 1. The molecule has 6 heteroatoms. The number of hydrogen-bond donors (Lipinski definition) is 1. The van der Waals surface area contributed by atoms with Crippen LogP contribution in [0.3, 0.4) is 0 Å². The van der Waals surface area contributed by atoms with Gasteiger partial charge in [-0.25, -0.2) is 4.98 Å². The summed E-state index contributed by atoms with van der Waals surface area (Å²) in [5, 5.41) is 8.83. The summed E-state index contributed by atoms with van der Waals surface area (Å²) in [7, 11) is 2.02. The van der Waals surface area contributed by atoms with Crippen LogP contribution in [0.1, 0.15) is 43.5 Å². The predicted octanol–water partition coefficient (Wildman–Crippen LogP) is 2.88. The summed E-state index contributed by atoms with van der Waals surface area (Å²) in [5.74, 6) is 1.03. The fourth-order valence-electron chi connectivity index (χ4n) is 2.54. The third-order valence-corrected chi connectivity index (χ3v) is 4.15. The van der Waals surface area contributed by atoms with Gasteiger partial charge in [0.1, 0.15) is 5.82 Å². The number of nitrogens with one attached hydrogen (secondary N) is 1. The van der Waals surface area contributed by atoms with Gasteiger partial charge < -0.3 is 9.88 Å². The summed E-state index contributed by atoms with van der Waals surface area (Å²) in [6.07, 6.45) is 5.68. The summed E-state index contributed by atoms with van der Waals surface area (Å²) in [4.78, 5) is 4.48. The molecule has 0 aromatic carbocycles. The largest absolute Gasteiger partial charge is 0.337 e. The van der Waals surface area contributed by atoms with E-state index in [1.165, 1.54) is 0 Å². The molecule has 0 fully saturated rings. The molecule has 1 atom stereocenters. The molecule has 2 rings (SSSR count). The molecule has 21 heavy (non-hydrogen) atoms. The fraction of sp³-hybridized carbons (Fsp3) is 0.600. The van der Waals surface area contributed by atoms with Crippen LogP contribution in [0.15, 0.2) is 12.4 Å². The Labute approximate surface area is 131 Å². The highest BCUT2D eigenvalue weighted by atomic mass is 35.5. The van der Waals surface area contributed by atoms with Crippen molar-refractivity contribution in [2.24, 2.45) is 7.05 Å². The van der Waals surface area contributed by atoms with E-state index in [-0.39, 0.29) is 6.04 Å². The van der Waals surface area contributed by atoms with Crippen molar-refractivity contribution in [1.82, 2.24) is 24.6 Å². The van der Waals surface area contributed by atoms with Crippen molar-refractivity contribution in [2.45, 2.75) is 46.2 Å². The van der Waals surface area contributed by atoms with Crippen LogP contribution in [0.4, 0.5) is 0 Å². The molecule has 0 saturated heterocycles. The molecule has 5 nitrogen and oxygen atoms in total. The number of hydrogen-bond acceptors (Lipinski definition) is 3. The van der Waals surface area contributed by atoms with Crippen molar-refractivity contribution in [3.05, 3.63) is 34.6 Å². The molecular formula is C15H24ClN5. The fourth-order valence-corrected chi connectivity index (χ4v) is 2.76. The lowest BCUT2D eigenvalue weighted by Crippen LogP contribution is -2.27. The van der Waals surface area contributed by atoms with E-state index in [0.29, 0.717) is 0 Å². The van der Waals surface area contributed by atoms with Crippen molar-refractivity contribution in [2.75, 3.05) is 6.54 Å². The third-order valence-electron chi connectivity index (χ3n) is 3.66. The maximum atomic E-state index is 6.43. The molecule has 116 valence electrons. The quantitative estimate of drug-likeness (QED) is 0.855. The molecule has 1 unspecified atom stereocenters. The summed E-state index contributed by atoms with van der Waals surface area (Å²) in [6, 6.07) is 0.142. The highest BCUT2D eigenvalue weighted by Gasteiger charge is 2.21. The highest BCUT2D eigenvalue weighted by Crippen LogP contribution is 2.25. The average molecular weight is 310 g/mol. The molecule has 0 amide bonds. The van der Waals surface area contributed by atoms with Crippen LogP contribution < -0.4 is 5.32 Å². The van der Waals surface area contributed by atoms with Gasteiger partial charge in [0.2, 0.25) is 0 Å². The molecule has 1 N–H and O–H groups in total. The number of aryl methyl sites for hydroxylation is 3. The molecule has 0 spiro atoms. The zero-order chi connectivity index (χ0) is 15.4. The third kappa shape index (κ3) is 3.47. The van der Waals surface area contributed by atoms with Gasteiger partial charge in [-0.1, -0.05) is 18.5 Å². The van der Waals surface area contributed by atoms with Crippen LogP contribution in [0.5, 0.6) is 0 Å². The Morgan fingerprint density at radius 2 is 2.14 bits per heavy atom. The predicted molar refractivity (Wildman–Crippen MR) is 85.6 cm³/mol. The number of imidazole rings is 1. The Hall–Kier alpha value is -1.33. The summed E-state index contributed by atoms with van der Waals surface area (Å²) in [5.41, 5.74) is 1.97. The minimum absolute atomic E-state index is 0.142. The van der Waals surface area contributed by atoms with E-state index >= 15 is 0 Å². The Balaban J connectivity index is 2.29. The van der Waals surface area contributed by atoms with Gasteiger partial charge >= 0.3 is 0 Å². The molecule has 2 aromatic heterocycles. The van der Waals surface area contributed by atoms with Crippen LogP contribution in [-0.2, 0) is 20.0 Å². The van der Waals surface area contributed by atoms with Crippen molar-refractivity contribution in [3.63, 3.8) is 0 Å². The van der Waals surface area contributed by atoms with Gasteiger partial charge in [0, 0.05) is 32.4 Å². The highest BCUT2D eigenvalue weighted by molar-refractivity contribution is 6.31. The molecule has 0 aliphatic carbocycles. The van der Waals surface area contributed by atoms with Gasteiger partial charge in [0.25, 0.3) is 0 Å². The lowest BCUT2D eigenvalue weighted by molar-refractivity contribution is 0.472. The topological polar surface area (TPSA) is 47.7 Å². The average Bonchev–Trinajstić information content (AvgIpc) is 3.01. The van der Waals surface area contributed by atoms with Gasteiger partial charge in [-0.2, -0.15) is 5.10 Å². The van der Waals surface area contributed by atoms with Crippen LogP contribution in [-0.4, -0.2) is 25.9 Å². The second-order valence-corrected chi connectivity index (χ2v) is 5.65. The number of aromatic nitrogens is 4. The number of rotatable bonds is 7. The molecule has 2 heterocycles. The second-order valence-electron chi connectivity index (χ2n) is 5.27. The Morgan fingerprint density at radius 1 is 1.38 bits per heavy atom. The van der Waals surface area contributed by atoms with Gasteiger partial charge in [-0.05, 0) is 26.8 Å². The first-order valence-electron chi connectivity index (χ1n) is 7.50. The first kappa shape index (κ1) is 16.0. The van der Waals surface area contributed by atoms with E-state index in [1.54, 1.807) is 0 Å². The standard InChI is InChI=1S/C15H24ClN5/c1-5-7-17-12(15-18-8-9-20(15)4)10-13-14(16)11(3)19-21(13)6-2/h8-9,12,17H,5-7,10H2,1-4H3. The maximum Gasteiger partial charge on any atom is 0.125 e. The first-order valence-corrected chi connectivity index (χ1v) is 7.88. The SMILES string of the molecule is CCCNC(Cc1c(Cl)c(C)nn1CC)c1nccn1C. The van der Waals surface area contributed by atoms with E-state index < -0.39 is 0 Å². The van der Waals surface area contributed by atoms with Gasteiger partial charge in [0.15, 0.2) is 0 Å². The lowest BCUT2D eigenvalue weighted by atomic mass is 10.1. The van der Waals surface area contributed by atoms with E-state index in [2.05, 4.69) is 33.8 Å². The van der Waals surface area contributed by atoms with Crippen molar-refractivity contribution in [1.29, 1.82) is 0 Å². The normalized spacial score (nSPS) is 12.8. The Kier molecular flexibility index (Phi) is 5.42. The van der Waals surface area contributed by atoms with Crippen LogP contribution in [0, 0.1) is 6.92 Å². The maximum absolute atomic E-state index is 6.43. The molecule has 0 radical (unpaired) electrons. The number of nitrogens with zero attached hydrogens (tertiary/aromatic N) is 4. The van der Waals surface area contributed by atoms with E-state index in [1.807, 2.05) is 31.0 Å². The lowest BCUT2D eigenvalue weighted by Gasteiger charge is -2.19. The summed E-state index contributed by atoms with van der Waals surface area (Å²) in [6.45, 7) is 7.98. The van der Waals surface area contributed by atoms with Crippen molar-refractivity contribution in [3.8, 4) is 0 Å². The van der Waals surface area contributed by atoms with Crippen LogP contribution in [0.2, 0.25) is 5.02 Å². The van der Waals surface area contributed by atoms with Crippen LogP contribution >= 0.6 is 11.6 Å². The molecule has 0 bridgehead atoms. The zero-order valence-corrected chi connectivity index (χ0v) is 14.0. The van der Waals surface area contributed by atoms with Gasteiger partial charge in [0.05, 0.1) is 22.5 Å². The first-order chi connectivity index (χ1) is 10.1.